The number of halogens is 3. The van der Waals surface area contributed by atoms with Crippen LogP contribution in [-0.2, 0) is 6.18 Å². The van der Waals surface area contributed by atoms with Crippen LogP contribution in [0.15, 0.2) is 60.8 Å². The Morgan fingerprint density at radius 1 is 1.00 bits per heavy atom. The van der Waals surface area contributed by atoms with E-state index in [4.69, 9.17) is 9.84 Å². The minimum atomic E-state index is -4.47. The molecule has 27 heavy (non-hydrogen) atoms. The summed E-state index contributed by atoms with van der Waals surface area (Å²) in [5.41, 5.74) is 0.460. The zero-order chi connectivity index (χ0) is 19.4. The number of aliphatic hydroxyl groups excluding tert-OH is 2. The van der Waals surface area contributed by atoms with Gasteiger partial charge >= 0.3 is 6.18 Å². The predicted molar refractivity (Wildman–Crippen MR) is 91.0 cm³/mol. The molecule has 0 bridgehead atoms. The van der Waals surface area contributed by atoms with E-state index < -0.39 is 24.5 Å². The van der Waals surface area contributed by atoms with Gasteiger partial charge in [0.25, 0.3) is 0 Å². The van der Waals surface area contributed by atoms with Gasteiger partial charge in [0.05, 0.1) is 23.6 Å². The molecule has 8 heteroatoms. The van der Waals surface area contributed by atoms with Gasteiger partial charge in [-0.2, -0.15) is 13.2 Å². The van der Waals surface area contributed by atoms with Gasteiger partial charge in [0, 0.05) is 17.8 Å². The molecule has 0 saturated carbocycles. The highest BCUT2D eigenvalue weighted by Gasteiger charge is 2.30. The Labute approximate surface area is 152 Å². The van der Waals surface area contributed by atoms with Crippen LogP contribution in [0, 0.1) is 0 Å². The third-order valence-corrected chi connectivity index (χ3v) is 3.73. The molecule has 2 heterocycles. The second-order valence-electron chi connectivity index (χ2n) is 5.63. The molecule has 0 radical (unpaired) electrons. The third-order valence-electron chi connectivity index (χ3n) is 3.73. The molecule has 5 nitrogen and oxygen atoms in total. The topological polar surface area (TPSA) is 75.5 Å². The number of aromatic nitrogens is 2. The van der Waals surface area contributed by atoms with Crippen molar-refractivity contribution in [2.24, 2.45) is 0 Å². The highest BCUT2D eigenvalue weighted by atomic mass is 19.4. The Kier molecular flexibility index (Phi) is 5.38. The molecular formula is C19H15F3N2O3. The van der Waals surface area contributed by atoms with E-state index >= 15 is 0 Å². The number of para-hydroxylation sites is 1. The van der Waals surface area contributed by atoms with Gasteiger partial charge in [0.1, 0.15) is 11.9 Å². The molecule has 0 spiro atoms. The Morgan fingerprint density at radius 2 is 1.78 bits per heavy atom. The molecule has 0 amide bonds. The van der Waals surface area contributed by atoms with Crippen LogP contribution in [0.25, 0.3) is 11.3 Å². The van der Waals surface area contributed by atoms with E-state index in [1.54, 1.807) is 42.5 Å². The Hall–Kier alpha value is -2.97. The maximum atomic E-state index is 12.6. The number of rotatable bonds is 5. The third kappa shape index (κ3) is 4.42. The molecule has 0 saturated heterocycles. The lowest BCUT2D eigenvalue weighted by Gasteiger charge is -2.13. The summed E-state index contributed by atoms with van der Waals surface area (Å²) in [5, 5.41) is 18.8. The van der Waals surface area contributed by atoms with Crippen molar-refractivity contribution in [2.45, 2.75) is 12.3 Å². The number of hydrogen-bond donors (Lipinski definition) is 2. The zero-order valence-electron chi connectivity index (χ0n) is 13.9. The highest BCUT2D eigenvalue weighted by Crippen LogP contribution is 2.33. The lowest BCUT2D eigenvalue weighted by atomic mass is 10.1. The molecule has 0 aliphatic heterocycles. The normalized spacial score (nSPS) is 12.6. The van der Waals surface area contributed by atoms with E-state index in [2.05, 4.69) is 9.97 Å². The van der Waals surface area contributed by atoms with Crippen LogP contribution in [0.1, 0.15) is 17.4 Å². The number of ether oxygens (including phenoxy) is 1. The molecule has 1 unspecified atom stereocenters. The zero-order valence-corrected chi connectivity index (χ0v) is 13.9. The number of benzene rings is 1. The minimum absolute atomic E-state index is 0.00185. The van der Waals surface area contributed by atoms with Crippen molar-refractivity contribution in [1.82, 2.24) is 9.97 Å². The molecule has 1 aromatic carbocycles. The second-order valence-corrected chi connectivity index (χ2v) is 5.63. The molecule has 1 atom stereocenters. The summed E-state index contributed by atoms with van der Waals surface area (Å²) >= 11 is 0. The fourth-order valence-corrected chi connectivity index (χ4v) is 2.37. The summed E-state index contributed by atoms with van der Waals surface area (Å²) in [5.74, 6) is 0.342. The van der Waals surface area contributed by atoms with Crippen LogP contribution in [0.4, 0.5) is 13.2 Å². The fraction of sp³-hybridized carbons (Fsp3) is 0.158. The largest absolute Gasteiger partial charge is 0.438 e. The average Bonchev–Trinajstić information content (AvgIpc) is 2.67. The van der Waals surface area contributed by atoms with Crippen molar-refractivity contribution in [3.8, 4) is 22.9 Å². The van der Waals surface area contributed by atoms with Crippen molar-refractivity contribution in [1.29, 1.82) is 0 Å². The van der Waals surface area contributed by atoms with Gasteiger partial charge in [-0.15, -0.1) is 0 Å². The van der Waals surface area contributed by atoms with Crippen molar-refractivity contribution >= 4 is 0 Å². The summed E-state index contributed by atoms with van der Waals surface area (Å²) in [7, 11) is 0. The number of aliphatic hydroxyl groups is 2. The molecular weight excluding hydrogens is 361 g/mol. The summed E-state index contributed by atoms with van der Waals surface area (Å²) in [6, 6.07) is 13.8. The van der Waals surface area contributed by atoms with Crippen LogP contribution >= 0.6 is 0 Å². The van der Waals surface area contributed by atoms with Crippen LogP contribution in [-0.4, -0.2) is 26.8 Å². The molecule has 140 valence electrons. The molecule has 0 aliphatic carbocycles. The Balaban J connectivity index is 1.91. The summed E-state index contributed by atoms with van der Waals surface area (Å²) in [6.07, 6.45) is -4.88. The Bertz CT molecular complexity index is 915. The highest BCUT2D eigenvalue weighted by molar-refractivity contribution is 5.67. The second kappa shape index (κ2) is 7.73. The first kappa shape index (κ1) is 18.8. The number of nitrogens with zero attached hydrogens (tertiary/aromatic N) is 2. The van der Waals surface area contributed by atoms with Crippen molar-refractivity contribution in [3.05, 3.63) is 72.1 Å². The van der Waals surface area contributed by atoms with E-state index in [-0.39, 0.29) is 11.6 Å². The number of alkyl halides is 3. The average molecular weight is 376 g/mol. The van der Waals surface area contributed by atoms with E-state index in [9.17, 15) is 18.3 Å². The Morgan fingerprint density at radius 3 is 2.44 bits per heavy atom. The smallest absolute Gasteiger partial charge is 0.417 e. The van der Waals surface area contributed by atoms with Gasteiger partial charge in [0.15, 0.2) is 0 Å². The molecule has 2 aromatic heterocycles. The predicted octanol–water partition coefficient (Wildman–Crippen LogP) is 3.98. The number of pyridine rings is 2. The van der Waals surface area contributed by atoms with E-state index in [0.29, 0.717) is 23.2 Å². The first-order chi connectivity index (χ1) is 12.9. The van der Waals surface area contributed by atoms with Gasteiger partial charge in [0.2, 0.25) is 5.88 Å². The van der Waals surface area contributed by atoms with Crippen LogP contribution in [0.3, 0.4) is 0 Å². The lowest BCUT2D eigenvalue weighted by Crippen LogP contribution is -2.06. The van der Waals surface area contributed by atoms with Gasteiger partial charge < -0.3 is 14.9 Å². The number of hydrogen-bond acceptors (Lipinski definition) is 5. The molecule has 2 N–H and O–H groups in total. The van der Waals surface area contributed by atoms with E-state index in [1.165, 1.54) is 0 Å². The molecule has 3 rings (SSSR count). The van der Waals surface area contributed by atoms with Crippen molar-refractivity contribution < 1.29 is 28.1 Å². The summed E-state index contributed by atoms with van der Waals surface area (Å²) in [4.78, 5) is 8.00. The molecule has 0 aliphatic rings. The minimum Gasteiger partial charge on any atom is -0.438 e. The standard InChI is InChI=1S/C19H15F3N2O3/c20-19(21,22)12-8-9-18(23-10-12)27-17-7-2-1-4-13(17)14-5-3-6-15(24-14)16(26)11-25/h1-10,16,25-26H,11H2. The van der Waals surface area contributed by atoms with Crippen LogP contribution < -0.4 is 4.74 Å². The van der Waals surface area contributed by atoms with Gasteiger partial charge in [-0.05, 0) is 30.3 Å². The SMILES string of the molecule is OCC(O)c1cccc(-c2ccccc2Oc2ccc(C(F)(F)F)cn2)n1. The molecule has 0 fully saturated rings. The van der Waals surface area contributed by atoms with Gasteiger partial charge in [-0.25, -0.2) is 9.97 Å². The fourth-order valence-electron chi connectivity index (χ4n) is 2.37. The molecule has 3 aromatic rings. The first-order valence-electron chi connectivity index (χ1n) is 7.95. The van der Waals surface area contributed by atoms with E-state index in [1.807, 2.05) is 0 Å². The van der Waals surface area contributed by atoms with Gasteiger partial charge in [-0.3, -0.25) is 0 Å². The van der Waals surface area contributed by atoms with Crippen LogP contribution in [0.2, 0.25) is 0 Å². The monoisotopic (exact) mass is 376 g/mol. The summed E-state index contributed by atoms with van der Waals surface area (Å²) < 4.78 is 43.5. The maximum absolute atomic E-state index is 12.6. The quantitative estimate of drug-likeness (QED) is 0.705. The summed E-state index contributed by atoms with van der Waals surface area (Å²) in [6.45, 7) is -0.468. The van der Waals surface area contributed by atoms with Crippen molar-refractivity contribution in [2.75, 3.05) is 6.61 Å². The van der Waals surface area contributed by atoms with Crippen LogP contribution in [0.5, 0.6) is 11.6 Å². The van der Waals surface area contributed by atoms with Crippen molar-refractivity contribution in [3.63, 3.8) is 0 Å². The maximum Gasteiger partial charge on any atom is 0.417 e. The van der Waals surface area contributed by atoms with Gasteiger partial charge in [-0.1, -0.05) is 18.2 Å². The van der Waals surface area contributed by atoms with E-state index in [0.717, 1.165) is 12.1 Å². The lowest BCUT2D eigenvalue weighted by molar-refractivity contribution is -0.137. The first-order valence-corrected chi connectivity index (χ1v) is 7.95.